The van der Waals surface area contributed by atoms with Crippen LogP contribution in [0.4, 0.5) is 0 Å². The SMILES string of the molecule is CC(C)CNC(=O)CNC(=O)[C@@H]1C[C@H](C)CC[C@H]1C(C)C.CC(C)[C@@H]1CC[C@@H](C)C[C@H]1C(=O)NCC(=O)N(C)C.CC(C)[C@@H]1CC[C@@H](C)C[C@H]1C(=O)NCC(=O)NCCO.CCNC(=O)CNC(=O)[C@@H]1C[C@H](C)CC[C@H]1C(C)C.CCNC(=O)[C@@H](C)NC(=O)[C@@H]1C[C@H](C)CC[C@H]1C(C)C. The highest BCUT2D eigenvalue weighted by Gasteiger charge is 2.40. The standard InChI is InChI=1S/C17H32N2O2.C16H30N2O2.C15H28N2O3.2C15H28N2O2/c1-11(2)9-18-16(20)10-19-17(21)15-8-13(5)6-7-14(15)12(3)4;1-6-17-15(19)12(5)18-16(20)14-9-11(4)7-8-13(14)10(2)3;1-10(2)12-5-4-11(3)8-13(12)15(20)17-9-14(19)16-6-7-18;1-10(2)12-7-6-11(3)8-13(12)15(19)16-9-14(18)17(4)5;1-5-16-14(18)9-17-15(19)13-8-11(4)6-7-12(13)10(2)3/h11-15H,6-10H2,1-5H3,(H,18,20)(H,19,21);10-14H,6-9H2,1-5H3,(H,17,19)(H,18,20);10-13,18H,4-9H2,1-3H3,(H,16,19)(H,17,20);10-13H,6-9H2,1-5H3,(H,16,19);10-13H,5-9H2,1-4H3,(H,16,18)(H,17,19)/t13-,14+,15-;11-,12-,13+,14-;3*11-,12+,13-/m11111/s1. The van der Waals surface area contributed by atoms with Crippen LogP contribution in [0.5, 0.6) is 0 Å². The van der Waals surface area contributed by atoms with E-state index in [2.05, 4.69) is 166 Å². The van der Waals surface area contributed by atoms with E-state index in [1.165, 1.54) is 37.0 Å². The number of likely N-dealkylation sites (N-methyl/N-ethyl adjacent to an activating group) is 3. The van der Waals surface area contributed by atoms with Crippen molar-refractivity contribution in [1.82, 2.24) is 52.8 Å². The van der Waals surface area contributed by atoms with Crippen LogP contribution in [0.25, 0.3) is 0 Å². The number of carbonyl (C=O) groups excluding carboxylic acids is 10. The van der Waals surface area contributed by atoms with Crippen molar-refractivity contribution in [2.24, 2.45) is 124 Å². The molecule has 5 aliphatic rings. The monoisotopic (exact) mass is 1400 g/mol. The predicted octanol–water partition coefficient (Wildman–Crippen LogP) is 9.68. The third-order valence-electron chi connectivity index (χ3n) is 21.6. The zero-order valence-electron chi connectivity index (χ0n) is 66.1. The van der Waals surface area contributed by atoms with Gasteiger partial charge in [0.1, 0.15) is 6.04 Å². The van der Waals surface area contributed by atoms with Gasteiger partial charge in [-0.15, -0.1) is 0 Å². The van der Waals surface area contributed by atoms with Gasteiger partial charge in [-0.25, -0.2) is 0 Å². The molecule has 5 aliphatic carbocycles. The molecule has 0 aliphatic heterocycles. The Morgan fingerprint density at radius 2 is 0.636 bits per heavy atom. The number of nitrogens with zero attached hydrogens (tertiary/aromatic N) is 1. The van der Waals surface area contributed by atoms with Gasteiger partial charge < -0.3 is 57.9 Å². The number of hydrogen-bond donors (Lipinski definition) is 10. The number of amides is 10. The fraction of sp³-hybridized carbons (Fsp3) is 0.872. The molecule has 10 amide bonds. The van der Waals surface area contributed by atoms with E-state index in [1.54, 1.807) is 21.0 Å². The number of aliphatic hydroxyl groups is 1. The van der Waals surface area contributed by atoms with Crippen molar-refractivity contribution in [3.63, 3.8) is 0 Å². The minimum Gasteiger partial charge on any atom is -0.395 e. The number of carbonyl (C=O) groups is 10. The topological polar surface area (TPSA) is 302 Å². The zero-order valence-corrected chi connectivity index (χ0v) is 66.1. The highest BCUT2D eigenvalue weighted by atomic mass is 16.3. The van der Waals surface area contributed by atoms with Crippen molar-refractivity contribution in [2.75, 3.05) is 73.1 Å². The van der Waals surface area contributed by atoms with Crippen LogP contribution in [0.1, 0.15) is 235 Å². The van der Waals surface area contributed by atoms with Crippen LogP contribution in [0, 0.1) is 124 Å². The van der Waals surface area contributed by atoms with E-state index in [4.69, 9.17) is 5.11 Å². The van der Waals surface area contributed by atoms with Crippen LogP contribution in [0.2, 0.25) is 0 Å². The first-order chi connectivity index (χ1) is 46.4. The van der Waals surface area contributed by atoms with Crippen molar-refractivity contribution in [3.8, 4) is 0 Å². The summed E-state index contributed by atoms with van der Waals surface area (Å²) in [7, 11) is 3.40. The van der Waals surface area contributed by atoms with Gasteiger partial charge in [0.25, 0.3) is 0 Å². The molecule has 5 fully saturated rings. The Bertz CT molecular complexity index is 2420. The maximum atomic E-state index is 12.5. The molecule has 99 heavy (non-hydrogen) atoms. The Balaban J connectivity index is 0.000000619. The van der Waals surface area contributed by atoms with Crippen LogP contribution >= 0.6 is 0 Å². The lowest BCUT2D eigenvalue weighted by molar-refractivity contribution is -0.134. The van der Waals surface area contributed by atoms with E-state index in [-0.39, 0.29) is 128 Å². The molecule has 0 radical (unpaired) electrons. The maximum Gasteiger partial charge on any atom is 0.242 e. The van der Waals surface area contributed by atoms with Gasteiger partial charge in [-0.3, -0.25) is 47.9 Å². The molecule has 21 heteroatoms. The minimum atomic E-state index is -0.451. The number of aliphatic hydroxyl groups excluding tert-OH is 1. The molecule has 10 N–H and O–H groups in total. The van der Waals surface area contributed by atoms with Crippen molar-refractivity contribution >= 4 is 59.1 Å². The van der Waals surface area contributed by atoms with Crippen molar-refractivity contribution in [3.05, 3.63) is 0 Å². The molecular formula is C78H146N10O11. The number of nitrogens with one attached hydrogen (secondary N) is 9. The molecule has 0 saturated heterocycles. The summed E-state index contributed by atoms with van der Waals surface area (Å²) >= 11 is 0. The smallest absolute Gasteiger partial charge is 0.242 e. The Labute approximate surface area is 600 Å². The van der Waals surface area contributed by atoms with Crippen LogP contribution in [0.15, 0.2) is 0 Å². The average Bonchev–Trinajstić information content (AvgIpc) is 0.872. The molecule has 16 atom stereocenters. The summed E-state index contributed by atoms with van der Waals surface area (Å²) in [6.45, 7) is 44.8. The largest absolute Gasteiger partial charge is 0.395 e. The van der Waals surface area contributed by atoms with Crippen molar-refractivity contribution in [2.45, 2.75) is 241 Å². The molecule has 0 aromatic heterocycles. The molecule has 0 aromatic rings. The van der Waals surface area contributed by atoms with E-state index in [0.29, 0.717) is 114 Å². The predicted molar refractivity (Wildman–Crippen MR) is 398 cm³/mol. The quantitative estimate of drug-likeness (QED) is 0.0389. The molecule has 5 rings (SSSR count). The van der Waals surface area contributed by atoms with E-state index >= 15 is 0 Å². The van der Waals surface area contributed by atoms with Gasteiger partial charge in [-0.2, -0.15) is 0 Å². The van der Waals surface area contributed by atoms with E-state index in [9.17, 15) is 47.9 Å². The second kappa shape index (κ2) is 48.5. The van der Waals surface area contributed by atoms with Gasteiger partial charge in [-0.05, 0) is 180 Å². The van der Waals surface area contributed by atoms with Gasteiger partial charge in [-0.1, -0.05) is 150 Å². The number of hydrogen-bond acceptors (Lipinski definition) is 11. The first kappa shape index (κ1) is 91.7. The third kappa shape index (κ3) is 35.4. The highest BCUT2D eigenvalue weighted by molar-refractivity contribution is 5.89. The molecule has 0 spiro atoms. The summed E-state index contributed by atoms with van der Waals surface area (Å²) < 4.78 is 0. The van der Waals surface area contributed by atoms with Crippen LogP contribution in [-0.2, 0) is 47.9 Å². The summed E-state index contributed by atoms with van der Waals surface area (Å²) in [5.41, 5.74) is 0. The highest BCUT2D eigenvalue weighted by Crippen LogP contribution is 2.42. The summed E-state index contributed by atoms with van der Waals surface area (Å²) in [6, 6.07) is -0.451. The van der Waals surface area contributed by atoms with Crippen molar-refractivity contribution < 1.29 is 53.1 Å². The van der Waals surface area contributed by atoms with E-state index in [1.807, 2.05) is 13.8 Å². The molecule has 0 unspecified atom stereocenters. The lowest BCUT2D eigenvalue weighted by Crippen LogP contribution is -2.49. The second-order valence-corrected chi connectivity index (χ2v) is 32.7. The average molecular weight is 1400 g/mol. The normalized spacial score (nSPS) is 26.9. The van der Waals surface area contributed by atoms with Crippen molar-refractivity contribution in [1.29, 1.82) is 0 Å². The lowest BCUT2D eigenvalue weighted by atomic mass is 9.69. The summed E-state index contributed by atoms with van der Waals surface area (Å²) in [6.07, 6.45) is 16.3. The van der Waals surface area contributed by atoms with Crippen LogP contribution in [0.3, 0.4) is 0 Å². The summed E-state index contributed by atoms with van der Waals surface area (Å²) in [5.74, 6) is 8.02. The summed E-state index contributed by atoms with van der Waals surface area (Å²) in [4.78, 5) is 121. The fourth-order valence-electron chi connectivity index (χ4n) is 15.5. The summed E-state index contributed by atoms with van der Waals surface area (Å²) in [5, 5.41) is 33.5. The Kier molecular flexibility index (Phi) is 44.9. The molecule has 0 bridgehead atoms. The van der Waals surface area contributed by atoms with E-state index in [0.717, 1.165) is 64.2 Å². The Morgan fingerprint density at radius 1 is 0.364 bits per heavy atom. The van der Waals surface area contributed by atoms with Gasteiger partial charge in [0, 0.05) is 69.9 Å². The fourth-order valence-corrected chi connectivity index (χ4v) is 15.5. The third-order valence-corrected chi connectivity index (χ3v) is 21.6. The molecule has 0 aromatic carbocycles. The van der Waals surface area contributed by atoms with Crippen LogP contribution in [-0.4, -0.2) is 148 Å². The zero-order chi connectivity index (χ0) is 75.4. The first-order valence-corrected chi connectivity index (χ1v) is 38.7. The maximum absolute atomic E-state index is 12.5. The van der Waals surface area contributed by atoms with Crippen LogP contribution < -0.4 is 47.9 Å². The van der Waals surface area contributed by atoms with E-state index < -0.39 is 6.04 Å². The molecular weight excluding hydrogens is 1250 g/mol. The molecule has 5 saturated carbocycles. The number of rotatable bonds is 26. The minimum absolute atomic E-state index is 0.00519. The molecule has 21 nitrogen and oxygen atoms in total. The Morgan fingerprint density at radius 3 is 0.899 bits per heavy atom. The first-order valence-electron chi connectivity index (χ1n) is 38.7. The second-order valence-electron chi connectivity index (χ2n) is 32.7. The van der Waals surface area contributed by atoms with Gasteiger partial charge in [0.2, 0.25) is 59.1 Å². The van der Waals surface area contributed by atoms with Gasteiger partial charge >= 0.3 is 0 Å². The van der Waals surface area contributed by atoms with Gasteiger partial charge in [0.15, 0.2) is 0 Å². The van der Waals surface area contributed by atoms with Gasteiger partial charge in [0.05, 0.1) is 32.8 Å². The molecule has 0 heterocycles. The lowest BCUT2D eigenvalue weighted by Gasteiger charge is -2.36. The Hall–Kier alpha value is -5.34. The molecule has 574 valence electrons.